The highest BCUT2D eigenvalue weighted by molar-refractivity contribution is 7.10. The zero-order valence-corrected chi connectivity index (χ0v) is 15.2. The molecule has 1 aromatic heterocycles. The molecule has 1 aliphatic heterocycles. The predicted molar refractivity (Wildman–Crippen MR) is 97.6 cm³/mol. The molecular weight excluding hydrogens is 372 g/mol. The standard InChI is InChI=1S/C18H18N2O6S/c21-17(19-9-3-6-14(19)16-8-4-10-27-16)11-26-18(22)12-25-15-7-2-1-5-13(15)20(23)24/h1-2,4-5,7-8,10,14H,3,6,9,11-12H2/t14-/m0/s1. The molecule has 0 unspecified atom stereocenters. The molecule has 8 nitrogen and oxygen atoms in total. The van der Waals surface area contributed by atoms with Gasteiger partial charge in [0.05, 0.1) is 11.0 Å². The topological polar surface area (TPSA) is 99.0 Å². The van der Waals surface area contributed by atoms with E-state index in [1.54, 1.807) is 22.3 Å². The summed E-state index contributed by atoms with van der Waals surface area (Å²) in [7, 11) is 0. The van der Waals surface area contributed by atoms with Crippen LogP contribution < -0.4 is 4.74 Å². The van der Waals surface area contributed by atoms with Crippen molar-refractivity contribution < 1.29 is 24.0 Å². The van der Waals surface area contributed by atoms with E-state index in [0.717, 1.165) is 17.7 Å². The second-order valence-electron chi connectivity index (χ2n) is 5.93. The summed E-state index contributed by atoms with van der Waals surface area (Å²) in [5, 5.41) is 12.9. The van der Waals surface area contributed by atoms with Crippen molar-refractivity contribution in [3.05, 3.63) is 56.8 Å². The van der Waals surface area contributed by atoms with Gasteiger partial charge >= 0.3 is 11.7 Å². The molecule has 0 radical (unpaired) electrons. The van der Waals surface area contributed by atoms with Crippen molar-refractivity contribution in [1.82, 2.24) is 4.90 Å². The Labute approximate surface area is 159 Å². The minimum absolute atomic E-state index is 0.0249. The van der Waals surface area contributed by atoms with Gasteiger partial charge in [-0.25, -0.2) is 4.79 Å². The lowest BCUT2D eigenvalue weighted by molar-refractivity contribution is -0.385. The summed E-state index contributed by atoms with van der Waals surface area (Å²) >= 11 is 1.60. The molecule has 0 saturated carbocycles. The second-order valence-corrected chi connectivity index (χ2v) is 6.91. The molecule has 1 amide bonds. The number of nitrogens with zero attached hydrogens (tertiary/aromatic N) is 2. The number of thiophene rings is 1. The first-order valence-electron chi connectivity index (χ1n) is 8.41. The summed E-state index contributed by atoms with van der Waals surface area (Å²) in [5.41, 5.74) is -0.239. The van der Waals surface area contributed by atoms with Gasteiger partial charge in [-0.2, -0.15) is 0 Å². The smallest absolute Gasteiger partial charge is 0.344 e. The minimum Gasteiger partial charge on any atom is -0.475 e. The number of benzene rings is 1. The summed E-state index contributed by atoms with van der Waals surface area (Å²) in [6, 6.07) is 9.71. The maximum absolute atomic E-state index is 12.4. The first kappa shape index (κ1) is 18.8. The third kappa shape index (κ3) is 4.62. The lowest BCUT2D eigenvalue weighted by atomic mass is 10.2. The van der Waals surface area contributed by atoms with E-state index in [4.69, 9.17) is 9.47 Å². The third-order valence-electron chi connectivity index (χ3n) is 4.21. The van der Waals surface area contributed by atoms with E-state index in [1.807, 2.05) is 17.5 Å². The molecule has 1 aliphatic rings. The van der Waals surface area contributed by atoms with Gasteiger partial charge in [-0.3, -0.25) is 14.9 Å². The summed E-state index contributed by atoms with van der Waals surface area (Å²) < 4.78 is 10.1. The molecular formula is C18H18N2O6S. The predicted octanol–water partition coefficient (Wildman–Crippen LogP) is 2.94. The van der Waals surface area contributed by atoms with Gasteiger partial charge in [-0.05, 0) is 30.4 Å². The van der Waals surface area contributed by atoms with Gasteiger partial charge in [0, 0.05) is 17.5 Å². The van der Waals surface area contributed by atoms with Crippen LogP contribution in [0.25, 0.3) is 0 Å². The normalized spacial score (nSPS) is 16.1. The van der Waals surface area contributed by atoms with Crippen LogP contribution in [-0.2, 0) is 14.3 Å². The first-order chi connectivity index (χ1) is 13.1. The fraction of sp³-hybridized carbons (Fsp3) is 0.333. The zero-order chi connectivity index (χ0) is 19.2. The number of rotatable bonds is 7. The SMILES string of the molecule is O=C(COc1ccccc1[N+](=O)[O-])OCC(=O)N1CCC[C@H]1c1cccs1. The Kier molecular flexibility index (Phi) is 6.02. The summed E-state index contributed by atoms with van der Waals surface area (Å²) in [4.78, 5) is 37.4. The summed E-state index contributed by atoms with van der Waals surface area (Å²) in [6.45, 7) is -0.251. The number of likely N-dealkylation sites (tertiary alicyclic amines) is 1. The van der Waals surface area contributed by atoms with Crippen LogP contribution in [0.4, 0.5) is 5.69 Å². The second kappa shape index (κ2) is 8.63. The zero-order valence-electron chi connectivity index (χ0n) is 14.4. The average Bonchev–Trinajstić information content (AvgIpc) is 3.35. The van der Waals surface area contributed by atoms with Crippen molar-refractivity contribution >= 4 is 28.9 Å². The van der Waals surface area contributed by atoms with Crippen LogP contribution in [0.2, 0.25) is 0 Å². The van der Waals surface area contributed by atoms with Crippen molar-refractivity contribution in [1.29, 1.82) is 0 Å². The Hall–Kier alpha value is -2.94. The fourth-order valence-electron chi connectivity index (χ4n) is 2.98. The van der Waals surface area contributed by atoms with Crippen molar-refractivity contribution in [3.8, 4) is 5.75 Å². The maximum atomic E-state index is 12.4. The number of esters is 1. The monoisotopic (exact) mass is 390 g/mol. The van der Waals surface area contributed by atoms with Crippen molar-refractivity contribution in [2.45, 2.75) is 18.9 Å². The molecule has 1 fully saturated rings. The number of carbonyl (C=O) groups is 2. The van der Waals surface area contributed by atoms with Crippen LogP contribution in [-0.4, -0.2) is 41.5 Å². The number of nitro benzene ring substituents is 1. The quantitative estimate of drug-likeness (QED) is 0.409. The molecule has 27 heavy (non-hydrogen) atoms. The van der Waals surface area contributed by atoms with Gasteiger partial charge < -0.3 is 14.4 Å². The van der Waals surface area contributed by atoms with E-state index in [1.165, 1.54) is 18.2 Å². The van der Waals surface area contributed by atoms with Crippen molar-refractivity contribution in [2.24, 2.45) is 0 Å². The molecule has 2 heterocycles. The molecule has 1 saturated heterocycles. The Morgan fingerprint density at radius 1 is 1.22 bits per heavy atom. The number of hydrogen-bond acceptors (Lipinski definition) is 7. The highest BCUT2D eigenvalue weighted by Crippen LogP contribution is 2.34. The molecule has 3 rings (SSSR count). The molecule has 1 atom stereocenters. The maximum Gasteiger partial charge on any atom is 0.344 e. The highest BCUT2D eigenvalue weighted by Gasteiger charge is 2.31. The number of carbonyl (C=O) groups excluding carboxylic acids is 2. The fourth-order valence-corrected chi connectivity index (χ4v) is 3.85. The Morgan fingerprint density at radius 3 is 2.78 bits per heavy atom. The van der Waals surface area contributed by atoms with Crippen LogP contribution in [0.1, 0.15) is 23.8 Å². The molecule has 0 spiro atoms. The molecule has 2 aromatic rings. The van der Waals surface area contributed by atoms with Gasteiger partial charge in [0.15, 0.2) is 19.0 Å². The van der Waals surface area contributed by atoms with E-state index in [-0.39, 0.29) is 30.0 Å². The van der Waals surface area contributed by atoms with E-state index >= 15 is 0 Å². The van der Waals surface area contributed by atoms with Crippen molar-refractivity contribution in [3.63, 3.8) is 0 Å². The largest absolute Gasteiger partial charge is 0.475 e. The summed E-state index contributed by atoms with van der Waals surface area (Å²) in [5.74, 6) is -1.04. The van der Waals surface area contributed by atoms with E-state index in [0.29, 0.717) is 6.54 Å². The lowest BCUT2D eigenvalue weighted by Gasteiger charge is -2.23. The first-order valence-corrected chi connectivity index (χ1v) is 9.29. The summed E-state index contributed by atoms with van der Waals surface area (Å²) in [6.07, 6.45) is 1.80. The molecule has 142 valence electrons. The van der Waals surface area contributed by atoms with Crippen molar-refractivity contribution in [2.75, 3.05) is 19.8 Å². The molecule has 9 heteroatoms. The molecule has 0 bridgehead atoms. The number of nitro groups is 1. The van der Waals surface area contributed by atoms with E-state index in [9.17, 15) is 19.7 Å². The van der Waals surface area contributed by atoms with Gasteiger partial charge in [-0.15, -0.1) is 11.3 Å². The Morgan fingerprint density at radius 2 is 2.04 bits per heavy atom. The van der Waals surface area contributed by atoms with Crippen LogP contribution in [0, 0.1) is 10.1 Å². The van der Waals surface area contributed by atoms with Gasteiger partial charge in [0.25, 0.3) is 5.91 Å². The van der Waals surface area contributed by atoms with Crippen LogP contribution in [0.5, 0.6) is 5.75 Å². The van der Waals surface area contributed by atoms with E-state index < -0.39 is 17.5 Å². The van der Waals surface area contributed by atoms with Gasteiger partial charge in [-0.1, -0.05) is 18.2 Å². The molecule has 0 N–H and O–H groups in total. The van der Waals surface area contributed by atoms with Crippen LogP contribution in [0.15, 0.2) is 41.8 Å². The molecule has 1 aromatic carbocycles. The van der Waals surface area contributed by atoms with E-state index in [2.05, 4.69) is 0 Å². The Balaban J connectivity index is 1.49. The van der Waals surface area contributed by atoms with Gasteiger partial charge in [0.2, 0.25) is 0 Å². The van der Waals surface area contributed by atoms with Gasteiger partial charge in [0.1, 0.15) is 0 Å². The highest BCUT2D eigenvalue weighted by atomic mass is 32.1. The number of ether oxygens (including phenoxy) is 2. The molecule has 0 aliphatic carbocycles. The average molecular weight is 390 g/mol. The Bertz CT molecular complexity index is 823. The number of para-hydroxylation sites is 2. The van der Waals surface area contributed by atoms with Crippen LogP contribution >= 0.6 is 11.3 Å². The lowest BCUT2D eigenvalue weighted by Crippen LogP contribution is -2.34. The third-order valence-corrected chi connectivity index (χ3v) is 5.18. The van der Waals surface area contributed by atoms with Crippen LogP contribution in [0.3, 0.4) is 0 Å². The number of amides is 1. The number of hydrogen-bond donors (Lipinski definition) is 0. The minimum atomic E-state index is -0.756.